The van der Waals surface area contributed by atoms with Crippen molar-refractivity contribution in [2.75, 3.05) is 52.9 Å². The zero-order chi connectivity index (χ0) is 22.0. The van der Waals surface area contributed by atoms with Gasteiger partial charge >= 0.3 is 6.09 Å². The highest BCUT2D eigenvalue weighted by Crippen LogP contribution is 2.18. The fourth-order valence-corrected chi connectivity index (χ4v) is 3.51. The average Bonchev–Trinajstić information content (AvgIpc) is 3.11. The zero-order valence-corrected chi connectivity index (χ0v) is 20.1. The number of ether oxygens (including phenoxy) is 1. The number of likely N-dealkylation sites (tertiary alicyclic amines) is 1. The number of nitrogens with zero attached hydrogens (tertiary/aromatic N) is 4. The van der Waals surface area contributed by atoms with Gasteiger partial charge in [-0.25, -0.2) is 4.79 Å². The predicted molar refractivity (Wildman–Crippen MR) is 122 cm³/mol. The normalized spacial score (nSPS) is 18.9. The average molecular weight is 412 g/mol. The van der Waals surface area contributed by atoms with Crippen LogP contribution in [0.5, 0.6) is 0 Å². The molecule has 1 aliphatic heterocycles. The molecule has 7 heteroatoms. The highest BCUT2D eigenvalue weighted by Gasteiger charge is 2.26. The van der Waals surface area contributed by atoms with Crippen LogP contribution in [0.4, 0.5) is 4.79 Å². The van der Waals surface area contributed by atoms with Crippen molar-refractivity contribution in [1.29, 1.82) is 0 Å². The summed E-state index contributed by atoms with van der Waals surface area (Å²) in [6, 6.07) is 0.0745. The summed E-state index contributed by atoms with van der Waals surface area (Å²) < 4.78 is 5.46. The molecular formula is C22H45N5O2. The van der Waals surface area contributed by atoms with E-state index >= 15 is 0 Å². The number of hydrogen-bond acceptors (Lipinski definition) is 4. The lowest BCUT2D eigenvalue weighted by atomic mass is 10.1. The Kier molecular flexibility index (Phi) is 10.8. The third-order valence-corrected chi connectivity index (χ3v) is 5.48. The van der Waals surface area contributed by atoms with Gasteiger partial charge in [0.05, 0.1) is 0 Å². The number of aliphatic imine (C=N–C) groups is 1. The van der Waals surface area contributed by atoms with Crippen LogP contribution in [0.1, 0.15) is 61.3 Å². The molecule has 1 heterocycles. The van der Waals surface area contributed by atoms with Gasteiger partial charge in [-0.2, -0.15) is 0 Å². The Hall–Kier alpha value is -1.50. The number of carbonyl (C=O) groups is 1. The Morgan fingerprint density at radius 3 is 2.48 bits per heavy atom. The molecule has 0 aliphatic carbocycles. The van der Waals surface area contributed by atoms with Crippen molar-refractivity contribution in [3.8, 4) is 0 Å². The Morgan fingerprint density at radius 1 is 1.28 bits per heavy atom. The van der Waals surface area contributed by atoms with Gasteiger partial charge in [0, 0.05) is 45.8 Å². The fraction of sp³-hybridized carbons (Fsp3) is 0.909. The molecule has 0 aromatic carbocycles. The molecule has 170 valence electrons. The third kappa shape index (κ3) is 9.24. The van der Waals surface area contributed by atoms with Crippen LogP contribution in [0.15, 0.2) is 4.99 Å². The minimum Gasteiger partial charge on any atom is -0.444 e. The van der Waals surface area contributed by atoms with Gasteiger partial charge in [0.1, 0.15) is 5.60 Å². The smallest absolute Gasteiger partial charge is 0.410 e. The summed E-state index contributed by atoms with van der Waals surface area (Å²) in [7, 11) is 1.80. The number of rotatable bonds is 9. The minimum atomic E-state index is -0.473. The maximum absolute atomic E-state index is 12.2. The Balaban J connectivity index is 2.56. The predicted octanol–water partition coefficient (Wildman–Crippen LogP) is 3.26. The lowest BCUT2D eigenvalue weighted by molar-refractivity contribution is 0.0231. The van der Waals surface area contributed by atoms with Gasteiger partial charge in [0.15, 0.2) is 5.96 Å². The molecule has 2 atom stereocenters. The van der Waals surface area contributed by atoms with Crippen LogP contribution in [0.3, 0.4) is 0 Å². The molecule has 0 aromatic heterocycles. The second-order valence-corrected chi connectivity index (χ2v) is 9.05. The molecule has 0 aromatic rings. The van der Waals surface area contributed by atoms with Crippen LogP contribution in [0.25, 0.3) is 0 Å². The largest absolute Gasteiger partial charge is 0.444 e. The summed E-state index contributed by atoms with van der Waals surface area (Å²) in [5.74, 6) is 1.71. The van der Waals surface area contributed by atoms with Crippen LogP contribution in [0.2, 0.25) is 0 Å². The third-order valence-electron chi connectivity index (χ3n) is 5.48. The van der Waals surface area contributed by atoms with E-state index in [2.05, 4.69) is 35.9 Å². The van der Waals surface area contributed by atoms with Crippen molar-refractivity contribution in [1.82, 2.24) is 20.0 Å². The van der Waals surface area contributed by atoms with Gasteiger partial charge in [-0.15, -0.1) is 0 Å². The molecular weight excluding hydrogens is 366 g/mol. The molecule has 7 nitrogen and oxygen atoms in total. The Labute approximate surface area is 178 Å². The Bertz CT molecular complexity index is 514. The van der Waals surface area contributed by atoms with E-state index in [1.165, 1.54) is 13.0 Å². The van der Waals surface area contributed by atoms with Crippen LogP contribution >= 0.6 is 0 Å². The fourth-order valence-electron chi connectivity index (χ4n) is 3.51. The quantitative estimate of drug-likeness (QED) is 0.466. The van der Waals surface area contributed by atoms with Crippen LogP contribution in [0, 0.1) is 5.92 Å². The summed E-state index contributed by atoms with van der Waals surface area (Å²) in [6.45, 7) is 21.4. The first-order chi connectivity index (χ1) is 13.6. The molecule has 1 aliphatic rings. The molecule has 2 unspecified atom stereocenters. The van der Waals surface area contributed by atoms with Gasteiger partial charge in [-0.3, -0.25) is 4.99 Å². The van der Waals surface area contributed by atoms with E-state index in [-0.39, 0.29) is 12.1 Å². The molecule has 0 radical (unpaired) electrons. The summed E-state index contributed by atoms with van der Waals surface area (Å²) in [6.07, 6.45) is 1.75. The SMILES string of the molecule is CCNC(=NCCC(C)N(C)C(=O)OC(C)(C)C)N1CCC(CN(CC)CC)C1. The minimum absolute atomic E-state index is 0.0745. The lowest BCUT2D eigenvalue weighted by Crippen LogP contribution is -2.41. The van der Waals surface area contributed by atoms with Crippen molar-refractivity contribution in [2.24, 2.45) is 10.9 Å². The van der Waals surface area contributed by atoms with E-state index in [1.807, 2.05) is 27.7 Å². The van der Waals surface area contributed by atoms with Crippen molar-refractivity contribution < 1.29 is 9.53 Å². The second-order valence-electron chi connectivity index (χ2n) is 9.05. The molecule has 0 bridgehead atoms. The van der Waals surface area contributed by atoms with Crippen molar-refractivity contribution in [3.63, 3.8) is 0 Å². The van der Waals surface area contributed by atoms with E-state index in [9.17, 15) is 4.79 Å². The van der Waals surface area contributed by atoms with E-state index in [0.29, 0.717) is 12.5 Å². The van der Waals surface area contributed by atoms with Gasteiger partial charge < -0.3 is 24.8 Å². The number of carbonyl (C=O) groups excluding carboxylic acids is 1. The van der Waals surface area contributed by atoms with Crippen molar-refractivity contribution in [2.45, 2.75) is 73.0 Å². The van der Waals surface area contributed by atoms with Gasteiger partial charge in [0.2, 0.25) is 0 Å². The monoisotopic (exact) mass is 411 g/mol. The maximum atomic E-state index is 12.2. The van der Waals surface area contributed by atoms with Crippen LogP contribution in [-0.4, -0.2) is 91.3 Å². The van der Waals surface area contributed by atoms with E-state index in [4.69, 9.17) is 9.73 Å². The molecule has 1 N–H and O–H groups in total. The summed E-state index contributed by atoms with van der Waals surface area (Å²) >= 11 is 0. The van der Waals surface area contributed by atoms with Gasteiger partial charge in [-0.1, -0.05) is 13.8 Å². The zero-order valence-electron chi connectivity index (χ0n) is 20.1. The first-order valence-electron chi connectivity index (χ1n) is 11.3. The standard InChI is InChI=1S/C22H45N5O2/c1-9-23-20(27-15-13-19(17-27)16-26(10-2)11-3)24-14-12-18(4)25(8)21(28)29-22(5,6)7/h18-19H,9-17H2,1-8H3,(H,23,24). The van der Waals surface area contributed by atoms with Crippen molar-refractivity contribution >= 4 is 12.1 Å². The first-order valence-corrected chi connectivity index (χ1v) is 11.3. The highest BCUT2D eigenvalue weighted by molar-refractivity contribution is 5.80. The second kappa shape index (κ2) is 12.3. The first kappa shape index (κ1) is 25.5. The molecule has 1 rings (SSSR count). The molecule has 1 fully saturated rings. The lowest BCUT2D eigenvalue weighted by Gasteiger charge is -2.28. The van der Waals surface area contributed by atoms with Gasteiger partial charge in [0.25, 0.3) is 0 Å². The summed E-state index contributed by atoms with van der Waals surface area (Å²) in [4.78, 5) is 23.6. The van der Waals surface area contributed by atoms with Crippen LogP contribution in [-0.2, 0) is 4.74 Å². The molecule has 1 amide bonds. The highest BCUT2D eigenvalue weighted by atomic mass is 16.6. The molecule has 0 saturated carbocycles. The van der Waals surface area contributed by atoms with E-state index < -0.39 is 5.60 Å². The number of guanidine groups is 1. The van der Waals surface area contributed by atoms with E-state index in [1.54, 1.807) is 11.9 Å². The number of hydrogen-bond donors (Lipinski definition) is 1. The van der Waals surface area contributed by atoms with Crippen LogP contribution < -0.4 is 5.32 Å². The van der Waals surface area contributed by atoms with E-state index in [0.717, 1.165) is 45.1 Å². The topological polar surface area (TPSA) is 60.4 Å². The Morgan fingerprint density at radius 2 is 1.93 bits per heavy atom. The summed E-state index contributed by atoms with van der Waals surface area (Å²) in [5, 5.41) is 3.44. The summed E-state index contributed by atoms with van der Waals surface area (Å²) in [5.41, 5.74) is -0.473. The van der Waals surface area contributed by atoms with Crippen molar-refractivity contribution in [3.05, 3.63) is 0 Å². The molecule has 1 saturated heterocycles. The van der Waals surface area contributed by atoms with Gasteiger partial charge in [-0.05, 0) is 66.5 Å². The molecule has 0 spiro atoms. The molecule has 29 heavy (non-hydrogen) atoms. The number of amides is 1. The number of nitrogens with one attached hydrogen (secondary N) is 1. The maximum Gasteiger partial charge on any atom is 0.410 e.